The van der Waals surface area contributed by atoms with Crippen LogP contribution in [0.5, 0.6) is 5.88 Å². The lowest BCUT2D eigenvalue weighted by Crippen LogP contribution is -2.42. The minimum absolute atomic E-state index is 0.0576. The molecule has 7 heteroatoms. The normalized spacial score (nSPS) is 11.6. The fraction of sp³-hybridized carbons (Fsp3) is 0.312. The van der Waals surface area contributed by atoms with Crippen molar-refractivity contribution in [2.75, 3.05) is 20.6 Å². The maximum Gasteiger partial charge on any atom is 0.261 e. The number of hydrogen-bond acceptors (Lipinski definition) is 4. The van der Waals surface area contributed by atoms with Crippen LogP contribution in [0, 0.1) is 0 Å². The molecule has 2 aromatic rings. The van der Waals surface area contributed by atoms with Gasteiger partial charge in [-0.2, -0.15) is 0 Å². The van der Waals surface area contributed by atoms with Gasteiger partial charge in [-0.15, -0.1) is 5.10 Å². The Balaban J connectivity index is 1.90. The van der Waals surface area contributed by atoms with E-state index in [0.717, 1.165) is 5.69 Å². The number of likely N-dealkylation sites (N-methyl/N-ethyl adjacent to an activating group) is 1. The van der Waals surface area contributed by atoms with E-state index in [4.69, 9.17) is 4.74 Å². The number of para-hydroxylation sites is 1. The van der Waals surface area contributed by atoms with Crippen LogP contribution >= 0.6 is 0 Å². The van der Waals surface area contributed by atoms with Gasteiger partial charge in [-0.3, -0.25) is 9.59 Å². The third kappa shape index (κ3) is 4.57. The largest absolute Gasteiger partial charge is 0.463 e. The molecule has 0 spiro atoms. The maximum absolute atomic E-state index is 11.9. The summed E-state index contributed by atoms with van der Waals surface area (Å²) >= 11 is 0. The number of carbonyl (C=O) groups is 2. The van der Waals surface area contributed by atoms with Gasteiger partial charge < -0.3 is 15.0 Å². The molecule has 1 aromatic carbocycles. The molecule has 122 valence electrons. The second kappa shape index (κ2) is 7.44. The van der Waals surface area contributed by atoms with Gasteiger partial charge in [-0.25, -0.2) is 4.68 Å². The van der Waals surface area contributed by atoms with E-state index in [1.807, 2.05) is 30.3 Å². The van der Waals surface area contributed by atoms with Crippen molar-refractivity contribution < 1.29 is 14.3 Å². The summed E-state index contributed by atoms with van der Waals surface area (Å²) in [5, 5.41) is 6.80. The van der Waals surface area contributed by atoms with Crippen molar-refractivity contribution in [3.05, 3.63) is 42.6 Å². The quantitative estimate of drug-likeness (QED) is 0.857. The first-order valence-corrected chi connectivity index (χ1v) is 7.23. The van der Waals surface area contributed by atoms with Crippen molar-refractivity contribution in [2.45, 2.75) is 13.0 Å². The maximum atomic E-state index is 11.9. The highest BCUT2D eigenvalue weighted by molar-refractivity contribution is 5.86. The Morgan fingerprint density at radius 1 is 1.26 bits per heavy atom. The Morgan fingerprint density at radius 3 is 2.61 bits per heavy atom. The molecule has 0 aliphatic rings. The average Bonchev–Trinajstić information content (AvgIpc) is 3.01. The minimum atomic E-state index is -0.746. The summed E-state index contributed by atoms with van der Waals surface area (Å²) in [6.45, 7) is 1.55. The van der Waals surface area contributed by atoms with E-state index in [9.17, 15) is 9.59 Å². The van der Waals surface area contributed by atoms with Gasteiger partial charge in [0.15, 0.2) is 6.10 Å². The lowest BCUT2D eigenvalue weighted by molar-refractivity contribution is -0.133. The van der Waals surface area contributed by atoms with E-state index in [0.29, 0.717) is 5.88 Å². The van der Waals surface area contributed by atoms with E-state index in [2.05, 4.69) is 10.4 Å². The van der Waals surface area contributed by atoms with Crippen LogP contribution < -0.4 is 10.1 Å². The Hall–Kier alpha value is -2.83. The van der Waals surface area contributed by atoms with Gasteiger partial charge in [-0.05, 0) is 19.1 Å². The summed E-state index contributed by atoms with van der Waals surface area (Å²) < 4.78 is 7.16. The highest BCUT2D eigenvalue weighted by atomic mass is 16.5. The number of hydrogen-bond donors (Lipinski definition) is 1. The molecule has 0 fully saturated rings. The molecule has 1 N–H and O–H groups in total. The van der Waals surface area contributed by atoms with Gasteiger partial charge in [-0.1, -0.05) is 18.2 Å². The molecule has 2 rings (SSSR count). The van der Waals surface area contributed by atoms with Gasteiger partial charge in [0.2, 0.25) is 11.8 Å². The molecule has 1 aromatic heterocycles. The van der Waals surface area contributed by atoms with Crippen LogP contribution in [0.2, 0.25) is 0 Å². The number of nitrogens with zero attached hydrogens (tertiary/aromatic N) is 3. The first-order chi connectivity index (χ1) is 11.0. The molecule has 23 heavy (non-hydrogen) atoms. The molecular weight excluding hydrogens is 296 g/mol. The lowest BCUT2D eigenvalue weighted by Gasteiger charge is -2.14. The zero-order valence-electron chi connectivity index (χ0n) is 13.4. The molecule has 0 aliphatic carbocycles. The van der Waals surface area contributed by atoms with E-state index in [-0.39, 0.29) is 18.4 Å². The average molecular weight is 316 g/mol. The topological polar surface area (TPSA) is 76.5 Å². The fourth-order valence-corrected chi connectivity index (χ4v) is 1.79. The van der Waals surface area contributed by atoms with Crippen molar-refractivity contribution in [1.82, 2.24) is 20.0 Å². The van der Waals surface area contributed by atoms with Crippen LogP contribution in [0.15, 0.2) is 42.6 Å². The molecule has 0 saturated heterocycles. The van der Waals surface area contributed by atoms with Crippen LogP contribution in [0.1, 0.15) is 6.92 Å². The molecule has 0 saturated carbocycles. The minimum Gasteiger partial charge on any atom is -0.463 e. The summed E-state index contributed by atoms with van der Waals surface area (Å²) in [6.07, 6.45) is 1.01. The molecule has 1 atom stereocenters. The van der Waals surface area contributed by atoms with E-state index in [1.165, 1.54) is 4.90 Å². The standard InChI is InChI=1S/C16H20N4O3/c1-12(16(22)17-11-15(21)19(2)3)23-14-9-10-20(18-14)13-7-5-4-6-8-13/h4-10,12H,11H2,1-3H3,(H,17,22)/t12-/m1/s1. The number of benzene rings is 1. The highest BCUT2D eigenvalue weighted by Gasteiger charge is 2.17. The predicted molar refractivity (Wildman–Crippen MR) is 85.4 cm³/mol. The van der Waals surface area contributed by atoms with E-state index in [1.54, 1.807) is 38.0 Å². The van der Waals surface area contributed by atoms with Gasteiger partial charge in [0, 0.05) is 26.4 Å². The summed E-state index contributed by atoms with van der Waals surface area (Å²) in [7, 11) is 3.26. The van der Waals surface area contributed by atoms with Crippen molar-refractivity contribution >= 4 is 11.8 Å². The fourth-order valence-electron chi connectivity index (χ4n) is 1.79. The zero-order chi connectivity index (χ0) is 16.8. The smallest absolute Gasteiger partial charge is 0.261 e. The Bertz CT molecular complexity index is 667. The lowest BCUT2D eigenvalue weighted by atomic mass is 10.3. The van der Waals surface area contributed by atoms with Gasteiger partial charge in [0.05, 0.1) is 12.2 Å². The SMILES string of the molecule is C[C@@H](Oc1ccn(-c2ccccc2)n1)C(=O)NCC(=O)N(C)C. The van der Waals surface area contributed by atoms with Crippen LogP contribution in [0.3, 0.4) is 0 Å². The van der Waals surface area contributed by atoms with Crippen molar-refractivity contribution in [3.63, 3.8) is 0 Å². The predicted octanol–water partition coefficient (Wildman–Crippen LogP) is 0.844. The van der Waals surface area contributed by atoms with Gasteiger partial charge in [0.1, 0.15) is 0 Å². The molecule has 0 unspecified atom stereocenters. The van der Waals surface area contributed by atoms with Crippen molar-refractivity contribution in [1.29, 1.82) is 0 Å². The number of nitrogens with one attached hydrogen (secondary N) is 1. The monoisotopic (exact) mass is 316 g/mol. The van der Waals surface area contributed by atoms with Crippen LogP contribution in [-0.2, 0) is 9.59 Å². The molecule has 0 bridgehead atoms. The van der Waals surface area contributed by atoms with Crippen LogP contribution in [-0.4, -0.2) is 53.2 Å². The number of ether oxygens (including phenoxy) is 1. The van der Waals surface area contributed by atoms with Crippen molar-refractivity contribution in [2.24, 2.45) is 0 Å². The number of amides is 2. The summed E-state index contributed by atoms with van der Waals surface area (Å²) in [4.78, 5) is 24.8. The number of carbonyl (C=O) groups excluding carboxylic acids is 2. The Morgan fingerprint density at radius 2 is 1.96 bits per heavy atom. The van der Waals surface area contributed by atoms with E-state index < -0.39 is 6.10 Å². The zero-order valence-corrected chi connectivity index (χ0v) is 13.4. The number of aromatic nitrogens is 2. The third-order valence-electron chi connectivity index (χ3n) is 3.16. The van der Waals surface area contributed by atoms with Crippen LogP contribution in [0.4, 0.5) is 0 Å². The second-order valence-electron chi connectivity index (χ2n) is 5.20. The molecule has 1 heterocycles. The molecule has 0 aliphatic heterocycles. The first-order valence-electron chi connectivity index (χ1n) is 7.23. The van der Waals surface area contributed by atoms with Crippen LogP contribution in [0.25, 0.3) is 5.69 Å². The summed E-state index contributed by atoms with van der Waals surface area (Å²) in [5.41, 5.74) is 0.899. The highest BCUT2D eigenvalue weighted by Crippen LogP contribution is 2.12. The van der Waals surface area contributed by atoms with E-state index >= 15 is 0 Å². The second-order valence-corrected chi connectivity index (χ2v) is 5.20. The Kier molecular flexibility index (Phi) is 5.35. The molecule has 7 nitrogen and oxygen atoms in total. The Labute approximate surface area is 134 Å². The first kappa shape index (κ1) is 16.5. The molecular formula is C16H20N4O3. The summed E-state index contributed by atoms with van der Waals surface area (Å²) in [6, 6.07) is 11.3. The summed E-state index contributed by atoms with van der Waals surface area (Å²) in [5.74, 6) is -0.205. The van der Waals surface area contributed by atoms with Crippen molar-refractivity contribution in [3.8, 4) is 11.6 Å². The molecule has 0 radical (unpaired) electrons. The molecule has 2 amide bonds. The number of rotatable bonds is 6. The van der Waals surface area contributed by atoms with Gasteiger partial charge in [0.25, 0.3) is 5.91 Å². The van der Waals surface area contributed by atoms with Gasteiger partial charge >= 0.3 is 0 Å². The third-order valence-corrected chi connectivity index (χ3v) is 3.16.